The molecule has 3 rings (SSSR count). The molecular weight excluding hydrogens is 276 g/mol. The number of hydrogen-bond acceptors (Lipinski definition) is 2. The molecule has 1 aromatic rings. The van der Waals surface area contributed by atoms with Gasteiger partial charge >= 0.3 is 0 Å². The summed E-state index contributed by atoms with van der Waals surface area (Å²) < 4.78 is 0. The minimum Gasteiger partial charge on any atom is -0.339 e. The van der Waals surface area contributed by atoms with Crippen LogP contribution in [0.5, 0.6) is 0 Å². The molecule has 1 atom stereocenters. The largest absolute Gasteiger partial charge is 0.339 e. The first-order valence-electron chi connectivity index (χ1n) is 8.27. The number of carbonyl (C=O) groups excluding carboxylic acids is 2. The fourth-order valence-electron chi connectivity index (χ4n) is 3.43. The number of likely N-dealkylation sites (tertiary alicyclic amines) is 1. The second-order valence-corrected chi connectivity index (χ2v) is 6.45. The Labute approximate surface area is 132 Å². The van der Waals surface area contributed by atoms with Crippen molar-refractivity contribution >= 4 is 17.5 Å². The average molecular weight is 300 g/mol. The maximum Gasteiger partial charge on any atom is 0.232 e. The summed E-state index contributed by atoms with van der Waals surface area (Å²) in [5.74, 6) is 0.0557. The first-order chi connectivity index (χ1) is 10.6. The van der Waals surface area contributed by atoms with Gasteiger partial charge < -0.3 is 9.80 Å². The molecule has 2 aliphatic rings. The summed E-state index contributed by atoms with van der Waals surface area (Å²) in [7, 11) is 0. The third kappa shape index (κ3) is 2.74. The maximum absolute atomic E-state index is 12.9. The van der Waals surface area contributed by atoms with Gasteiger partial charge in [0.15, 0.2) is 0 Å². The lowest BCUT2D eigenvalue weighted by Gasteiger charge is -2.35. The molecule has 1 saturated heterocycles. The molecule has 4 heteroatoms. The Balaban J connectivity index is 1.73. The highest BCUT2D eigenvalue weighted by molar-refractivity contribution is 5.99. The molecule has 0 N–H and O–H groups in total. The molecule has 0 spiro atoms. The second kappa shape index (κ2) is 6.11. The third-order valence-electron chi connectivity index (χ3n) is 4.92. The molecule has 2 fully saturated rings. The number of amides is 2. The molecule has 0 bridgehead atoms. The first kappa shape index (κ1) is 15.1. The fraction of sp³-hybridized carbons (Fsp3) is 0.556. The SMILES string of the molecule is CCN(C(=O)C1CC(=O)N(C2CCC2)C1)c1cccc(C)c1. The van der Waals surface area contributed by atoms with Crippen molar-refractivity contribution in [3.63, 3.8) is 0 Å². The summed E-state index contributed by atoms with van der Waals surface area (Å²) >= 11 is 0. The van der Waals surface area contributed by atoms with Crippen molar-refractivity contribution < 1.29 is 9.59 Å². The van der Waals surface area contributed by atoms with Gasteiger partial charge in [0.05, 0.1) is 5.92 Å². The van der Waals surface area contributed by atoms with E-state index in [0.717, 1.165) is 24.1 Å². The van der Waals surface area contributed by atoms with Crippen molar-refractivity contribution in [2.75, 3.05) is 18.0 Å². The van der Waals surface area contributed by atoms with Crippen LogP contribution in [0.25, 0.3) is 0 Å². The minimum absolute atomic E-state index is 0.0864. The van der Waals surface area contributed by atoms with Gasteiger partial charge in [0.1, 0.15) is 0 Å². The predicted octanol–water partition coefficient (Wildman–Crippen LogP) is 2.75. The summed E-state index contributed by atoms with van der Waals surface area (Å²) in [6.45, 7) is 5.25. The summed E-state index contributed by atoms with van der Waals surface area (Å²) in [5.41, 5.74) is 2.07. The van der Waals surface area contributed by atoms with E-state index >= 15 is 0 Å². The van der Waals surface area contributed by atoms with Gasteiger partial charge in [0.2, 0.25) is 11.8 Å². The van der Waals surface area contributed by atoms with Crippen LogP contribution in [-0.4, -0.2) is 35.8 Å². The highest BCUT2D eigenvalue weighted by Gasteiger charge is 2.40. The summed E-state index contributed by atoms with van der Waals surface area (Å²) in [4.78, 5) is 28.8. The first-order valence-corrected chi connectivity index (χ1v) is 8.27. The minimum atomic E-state index is -0.187. The maximum atomic E-state index is 12.9. The van der Waals surface area contributed by atoms with E-state index in [1.165, 1.54) is 6.42 Å². The highest BCUT2D eigenvalue weighted by atomic mass is 16.2. The molecule has 118 valence electrons. The lowest BCUT2D eigenvalue weighted by Crippen LogP contribution is -2.42. The number of aryl methyl sites for hydroxylation is 1. The molecule has 1 heterocycles. The Morgan fingerprint density at radius 3 is 2.73 bits per heavy atom. The molecule has 0 radical (unpaired) electrons. The number of carbonyl (C=O) groups is 2. The van der Waals surface area contributed by atoms with Gasteiger partial charge in [0.25, 0.3) is 0 Å². The van der Waals surface area contributed by atoms with Crippen LogP contribution in [0.2, 0.25) is 0 Å². The average Bonchev–Trinajstić information content (AvgIpc) is 2.80. The van der Waals surface area contributed by atoms with Crippen LogP contribution in [0, 0.1) is 12.8 Å². The topological polar surface area (TPSA) is 40.6 Å². The van der Waals surface area contributed by atoms with E-state index in [1.807, 2.05) is 47.9 Å². The van der Waals surface area contributed by atoms with Gasteiger partial charge in [-0.2, -0.15) is 0 Å². The summed E-state index contributed by atoms with van der Waals surface area (Å²) in [6, 6.07) is 8.39. The lowest BCUT2D eigenvalue weighted by atomic mass is 9.92. The van der Waals surface area contributed by atoms with Crippen LogP contribution in [-0.2, 0) is 9.59 Å². The zero-order valence-electron chi connectivity index (χ0n) is 13.4. The van der Waals surface area contributed by atoms with Crippen LogP contribution in [0.1, 0.15) is 38.2 Å². The number of nitrogens with zero attached hydrogens (tertiary/aromatic N) is 2. The standard InChI is InChI=1S/C18H24N2O2/c1-3-19(16-9-4-6-13(2)10-16)18(22)14-11-17(21)20(12-14)15-7-5-8-15/h4,6,9-10,14-15H,3,5,7-8,11-12H2,1-2H3. The number of hydrogen-bond donors (Lipinski definition) is 0. The Morgan fingerprint density at radius 2 is 2.14 bits per heavy atom. The van der Waals surface area contributed by atoms with E-state index in [1.54, 1.807) is 0 Å². The fourth-order valence-corrected chi connectivity index (χ4v) is 3.43. The van der Waals surface area contributed by atoms with Crippen molar-refractivity contribution in [1.82, 2.24) is 4.90 Å². The molecule has 1 aromatic carbocycles. The zero-order chi connectivity index (χ0) is 15.7. The molecule has 1 aliphatic heterocycles. The lowest BCUT2D eigenvalue weighted by molar-refractivity contribution is -0.131. The smallest absolute Gasteiger partial charge is 0.232 e. The Hall–Kier alpha value is -1.84. The van der Waals surface area contributed by atoms with E-state index in [4.69, 9.17) is 0 Å². The Morgan fingerprint density at radius 1 is 1.36 bits per heavy atom. The number of anilines is 1. The Bertz CT molecular complexity index is 580. The molecule has 4 nitrogen and oxygen atoms in total. The zero-order valence-corrected chi connectivity index (χ0v) is 13.4. The number of benzene rings is 1. The van der Waals surface area contributed by atoms with E-state index in [9.17, 15) is 9.59 Å². The van der Waals surface area contributed by atoms with Gasteiger partial charge in [0, 0.05) is 31.2 Å². The van der Waals surface area contributed by atoms with Crippen molar-refractivity contribution in [2.45, 2.75) is 45.6 Å². The monoisotopic (exact) mass is 300 g/mol. The van der Waals surface area contributed by atoms with E-state index < -0.39 is 0 Å². The number of rotatable bonds is 4. The van der Waals surface area contributed by atoms with Crippen LogP contribution in [0.4, 0.5) is 5.69 Å². The quantitative estimate of drug-likeness (QED) is 0.858. The Kier molecular flexibility index (Phi) is 4.19. The summed E-state index contributed by atoms with van der Waals surface area (Å²) in [5, 5.41) is 0. The van der Waals surface area contributed by atoms with Crippen molar-refractivity contribution in [3.8, 4) is 0 Å². The van der Waals surface area contributed by atoms with Gasteiger partial charge in [-0.15, -0.1) is 0 Å². The van der Waals surface area contributed by atoms with Crippen LogP contribution >= 0.6 is 0 Å². The van der Waals surface area contributed by atoms with E-state index in [0.29, 0.717) is 25.6 Å². The van der Waals surface area contributed by atoms with Crippen molar-refractivity contribution in [1.29, 1.82) is 0 Å². The molecule has 1 unspecified atom stereocenters. The predicted molar refractivity (Wildman–Crippen MR) is 86.7 cm³/mol. The van der Waals surface area contributed by atoms with E-state index in [-0.39, 0.29) is 17.7 Å². The van der Waals surface area contributed by atoms with Gasteiger partial charge in [-0.3, -0.25) is 9.59 Å². The van der Waals surface area contributed by atoms with Crippen molar-refractivity contribution in [2.24, 2.45) is 5.92 Å². The molecule has 1 aliphatic carbocycles. The second-order valence-electron chi connectivity index (χ2n) is 6.45. The van der Waals surface area contributed by atoms with Gasteiger partial charge in [-0.05, 0) is 50.8 Å². The molecule has 2 amide bonds. The highest BCUT2D eigenvalue weighted by Crippen LogP contribution is 2.32. The van der Waals surface area contributed by atoms with Crippen LogP contribution in [0.15, 0.2) is 24.3 Å². The normalized spacial score (nSPS) is 21.8. The van der Waals surface area contributed by atoms with Crippen molar-refractivity contribution in [3.05, 3.63) is 29.8 Å². The summed E-state index contributed by atoms with van der Waals surface area (Å²) in [6.07, 6.45) is 3.78. The van der Waals surface area contributed by atoms with E-state index in [2.05, 4.69) is 0 Å². The molecule has 1 saturated carbocycles. The molecule has 22 heavy (non-hydrogen) atoms. The van der Waals surface area contributed by atoms with Gasteiger partial charge in [-0.25, -0.2) is 0 Å². The third-order valence-corrected chi connectivity index (χ3v) is 4.92. The molecule has 0 aromatic heterocycles. The van der Waals surface area contributed by atoms with Crippen LogP contribution < -0.4 is 4.90 Å². The molecular formula is C18H24N2O2. The van der Waals surface area contributed by atoms with Crippen LogP contribution in [0.3, 0.4) is 0 Å². The van der Waals surface area contributed by atoms with Gasteiger partial charge in [-0.1, -0.05) is 12.1 Å².